The zero-order valence-electron chi connectivity index (χ0n) is 14.1. The van der Waals surface area contributed by atoms with E-state index in [-0.39, 0.29) is 6.04 Å². The van der Waals surface area contributed by atoms with Gasteiger partial charge in [0.1, 0.15) is 0 Å². The van der Waals surface area contributed by atoms with E-state index in [1.54, 1.807) is 6.07 Å². The second kappa shape index (κ2) is 6.32. The Kier molecular flexibility index (Phi) is 4.21. The Hall–Kier alpha value is -2.88. The van der Waals surface area contributed by atoms with Crippen LogP contribution in [0.1, 0.15) is 40.1 Å². The van der Waals surface area contributed by atoms with Gasteiger partial charge in [-0.3, -0.25) is 9.78 Å². The monoisotopic (exact) mass is 319 g/mol. The van der Waals surface area contributed by atoms with Gasteiger partial charge in [-0.1, -0.05) is 36.4 Å². The average Bonchev–Trinajstić information content (AvgIpc) is 2.54. The van der Waals surface area contributed by atoms with Crippen LogP contribution in [0.25, 0.3) is 10.9 Å². The van der Waals surface area contributed by atoms with Crippen molar-refractivity contribution < 1.29 is 4.79 Å². The molecule has 2 aromatic carbocycles. The van der Waals surface area contributed by atoms with Gasteiger partial charge < -0.3 is 11.1 Å². The summed E-state index contributed by atoms with van der Waals surface area (Å²) in [4.78, 5) is 16.2. The SMILES string of the molecule is Cc1cc(NC(C)c2ccccc2C)c2cccc(C(N)=O)c2n1. The molecule has 24 heavy (non-hydrogen) atoms. The lowest BCUT2D eigenvalue weighted by molar-refractivity contribution is 0.100. The number of pyridine rings is 1. The van der Waals surface area contributed by atoms with Gasteiger partial charge in [0.25, 0.3) is 5.91 Å². The molecule has 0 bridgehead atoms. The molecule has 3 rings (SSSR count). The Morgan fingerprint density at radius 2 is 1.88 bits per heavy atom. The number of nitrogens with one attached hydrogen (secondary N) is 1. The molecule has 122 valence electrons. The smallest absolute Gasteiger partial charge is 0.250 e. The summed E-state index contributed by atoms with van der Waals surface area (Å²) < 4.78 is 0. The molecule has 0 aliphatic rings. The van der Waals surface area contributed by atoms with Crippen LogP contribution in [0.4, 0.5) is 5.69 Å². The maximum atomic E-state index is 11.7. The van der Waals surface area contributed by atoms with Crippen LogP contribution in [0, 0.1) is 13.8 Å². The lowest BCUT2D eigenvalue weighted by atomic mass is 10.0. The summed E-state index contributed by atoms with van der Waals surface area (Å²) in [5, 5.41) is 4.46. The van der Waals surface area contributed by atoms with Gasteiger partial charge in [-0.05, 0) is 44.0 Å². The number of aromatic nitrogens is 1. The molecule has 4 nitrogen and oxygen atoms in total. The fourth-order valence-electron chi connectivity index (χ4n) is 3.08. The van der Waals surface area contributed by atoms with Crippen molar-refractivity contribution in [2.75, 3.05) is 5.32 Å². The van der Waals surface area contributed by atoms with Crippen molar-refractivity contribution in [3.63, 3.8) is 0 Å². The second-order valence-electron chi connectivity index (χ2n) is 6.10. The van der Waals surface area contributed by atoms with E-state index >= 15 is 0 Å². The molecule has 0 saturated heterocycles. The molecule has 0 aliphatic carbocycles. The van der Waals surface area contributed by atoms with Gasteiger partial charge in [0.2, 0.25) is 0 Å². The van der Waals surface area contributed by atoms with E-state index in [0.717, 1.165) is 16.8 Å². The Morgan fingerprint density at radius 1 is 1.12 bits per heavy atom. The highest BCUT2D eigenvalue weighted by Gasteiger charge is 2.14. The summed E-state index contributed by atoms with van der Waals surface area (Å²) in [6, 6.07) is 16.0. The van der Waals surface area contributed by atoms with Gasteiger partial charge in [-0.25, -0.2) is 0 Å². The first-order valence-corrected chi connectivity index (χ1v) is 7.99. The van der Waals surface area contributed by atoms with Crippen LogP contribution in [-0.4, -0.2) is 10.9 Å². The highest BCUT2D eigenvalue weighted by Crippen LogP contribution is 2.29. The van der Waals surface area contributed by atoms with Crippen LogP contribution in [0.5, 0.6) is 0 Å². The molecule has 0 saturated carbocycles. The number of nitrogens with zero attached hydrogens (tertiary/aromatic N) is 1. The van der Waals surface area contributed by atoms with Gasteiger partial charge in [0.05, 0.1) is 11.1 Å². The fourth-order valence-corrected chi connectivity index (χ4v) is 3.08. The Balaban J connectivity index is 2.08. The summed E-state index contributed by atoms with van der Waals surface area (Å²) in [5.41, 5.74) is 10.9. The number of carbonyl (C=O) groups excluding carboxylic acids is 1. The molecule has 1 unspecified atom stereocenters. The number of hydrogen-bond donors (Lipinski definition) is 2. The van der Waals surface area contributed by atoms with Crippen LogP contribution in [-0.2, 0) is 0 Å². The average molecular weight is 319 g/mol. The molecule has 1 atom stereocenters. The number of aryl methyl sites for hydroxylation is 2. The number of carbonyl (C=O) groups is 1. The molecule has 1 heterocycles. The molecule has 3 N–H and O–H groups in total. The molecule has 0 aliphatic heterocycles. The third-order valence-electron chi connectivity index (χ3n) is 4.26. The van der Waals surface area contributed by atoms with Gasteiger partial charge in [-0.15, -0.1) is 0 Å². The minimum Gasteiger partial charge on any atom is -0.378 e. The van der Waals surface area contributed by atoms with E-state index in [2.05, 4.69) is 36.3 Å². The van der Waals surface area contributed by atoms with E-state index in [4.69, 9.17) is 5.73 Å². The van der Waals surface area contributed by atoms with Gasteiger partial charge in [0, 0.05) is 22.8 Å². The first kappa shape index (κ1) is 16.0. The minimum atomic E-state index is -0.461. The lowest BCUT2D eigenvalue weighted by Gasteiger charge is -2.20. The molecule has 1 aromatic heterocycles. The number of para-hydroxylation sites is 1. The third-order valence-corrected chi connectivity index (χ3v) is 4.26. The number of nitrogens with two attached hydrogens (primary N) is 1. The fraction of sp³-hybridized carbons (Fsp3) is 0.200. The Morgan fingerprint density at radius 3 is 2.58 bits per heavy atom. The molecule has 1 amide bonds. The largest absolute Gasteiger partial charge is 0.378 e. The Labute approximate surface area is 141 Å². The normalized spacial score (nSPS) is 12.1. The highest BCUT2D eigenvalue weighted by atomic mass is 16.1. The van der Waals surface area contributed by atoms with Crippen molar-refractivity contribution in [1.82, 2.24) is 4.98 Å². The van der Waals surface area contributed by atoms with Crippen molar-refractivity contribution >= 4 is 22.5 Å². The quantitative estimate of drug-likeness (QED) is 0.760. The zero-order chi connectivity index (χ0) is 17.3. The first-order valence-electron chi connectivity index (χ1n) is 7.99. The molecule has 0 fully saturated rings. The molecule has 0 spiro atoms. The molecule has 3 aromatic rings. The number of hydrogen-bond acceptors (Lipinski definition) is 3. The number of benzene rings is 2. The van der Waals surface area contributed by atoms with Crippen molar-refractivity contribution in [3.8, 4) is 0 Å². The van der Waals surface area contributed by atoms with Crippen molar-refractivity contribution in [2.24, 2.45) is 5.73 Å². The highest BCUT2D eigenvalue weighted by molar-refractivity contribution is 6.07. The van der Waals surface area contributed by atoms with Crippen LogP contribution in [0.3, 0.4) is 0 Å². The standard InChI is InChI=1S/C20H21N3O/c1-12-7-4-5-8-15(12)14(3)23-18-11-13(2)22-19-16(18)9-6-10-17(19)20(21)24/h4-11,14H,1-3H3,(H2,21,24)(H,22,23). The topological polar surface area (TPSA) is 68.0 Å². The number of amides is 1. The van der Waals surface area contributed by atoms with Gasteiger partial charge >= 0.3 is 0 Å². The third kappa shape index (κ3) is 2.95. The van der Waals surface area contributed by atoms with E-state index in [9.17, 15) is 4.79 Å². The molecular formula is C20H21N3O. The van der Waals surface area contributed by atoms with Crippen molar-refractivity contribution in [1.29, 1.82) is 0 Å². The van der Waals surface area contributed by atoms with Gasteiger partial charge in [-0.2, -0.15) is 0 Å². The molecule has 4 heteroatoms. The predicted octanol–water partition coefficient (Wildman–Crippen LogP) is 4.12. The zero-order valence-corrected chi connectivity index (χ0v) is 14.1. The predicted molar refractivity (Wildman–Crippen MR) is 98.2 cm³/mol. The minimum absolute atomic E-state index is 0.133. The van der Waals surface area contributed by atoms with Crippen molar-refractivity contribution in [2.45, 2.75) is 26.8 Å². The lowest BCUT2D eigenvalue weighted by Crippen LogP contribution is -2.13. The van der Waals surface area contributed by atoms with E-state index in [1.807, 2.05) is 37.3 Å². The van der Waals surface area contributed by atoms with Crippen LogP contribution in [0.2, 0.25) is 0 Å². The number of fused-ring (bicyclic) bond motifs is 1. The molecule has 0 radical (unpaired) electrons. The summed E-state index contributed by atoms with van der Waals surface area (Å²) in [5.74, 6) is -0.461. The summed E-state index contributed by atoms with van der Waals surface area (Å²) >= 11 is 0. The maximum Gasteiger partial charge on any atom is 0.250 e. The van der Waals surface area contributed by atoms with E-state index in [0.29, 0.717) is 11.1 Å². The summed E-state index contributed by atoms with van der Waals surface area (Å²) in [7, 11) is 0. The van der Waals surface area contributed by atoms with Crippen LogP contribution >= 0.6 is 0 Å². The first-order chi connectivity index (χ1) is 11.5. The second-order valence-corrected chi connectivity index (χ2v) is 6.10. The Bertz CT molecular complexity index is 918. The van der Waals surface area contributed by atoms with E-state index < -0.39 is 5.91 Å². The number of rotatable bonds is 4. The van der Waals surface area contributed by atoms with Gasteiger partial charge in [0.15, 0.2) is 0 Å². The maximum absolute atomic E-state index is 11.7. The van der Waals surface area contributed by atoms with E-state index in [1.165, 1.54) is 11.1 Å². The number of anilines is 1. The number of primary amides is 1. The molecular weight excluding hydrogens is 298 g/mol. The van der Waals surface area contributed by atoms with Crippen molar-refractivity contribution in [3.05, 3.63) is 70.9 Å². The van der Waals surface area contributed by atoms with Crippen LogP contribution < -0.4 is 11.1 Å². The van der Waals surface area contributed by atoms with Crippen LogP contribution in [0.15, 0.2) is 48.5 Å². The summed E-state index contributed by atoms with van der Waals surface area (Å²) in [6.07, 6.45) is 0. The summed E-state index contributed by atoms with van der Waals surface area (Å²) in [6.45, 7) is 6.15.